The first-order valence-corrected chi connectivity index (χ1v) is 5.99. The fourth-order valence-electron chi connectivity index (χ4n) is 1.74. The lowest BCUT2D eigenvalue weighted by Gasteiger charge is -2.23. The van der Waals surface area contributed by atoms with Crippen LogP contribution in [-0.2, 0) is 5.41 Å². The summed E-state index contributed by atoms with van der Waals surface area (Å²) < 4.78 is 5.87. The van der Waals surface area contributed by atoms with Crippen molar-refractivity contribution in [3.63, 3.8) is 0 Å². The van der Waals surface area contributed by atoms with E-state index in [1.54, 1.807) is 6.07 Å². The lowest BCUT2D eigenvalue weighted by Crippen LogP contribution is -2.17. The molecule has 3 nitrogen and oxygen atoms in total. The van der Waals surface area contributed by atoms with Gasteiger partial charge in [-0.25, -0.2) is 0 Å². The molecular weight excluding hydrogens is 214 g/mol. The largest absolute Gasteiger partial charge is 0.490 e. The molecule has 3 heteroatoms. The topological polar surface area (TPSA) is 52.3 Å². The Morgan fingerprint density at radius 3 is 2.47 bits per heavy atom. The standard InChI is InChI=1S/C14H19NO2/c1-14(2,3)11-8-9(13(15)16)4-7-12(11)17-10-5-6-10/h4,7-8,10H,5-6H2,1-3H3,(H2,15,16). The Hall–Kier alpha value is -1.51. The van der Waals surface area contributed by atoms with Crippen molar-refractivity contribution in [3.05, 3.63) is 29.3 Å². The predicted octanol–water partition coefficient (Wildman–Crippen LogP) is 2.62. The van der Waals surface area contributed by atoms with E-state index in [1.165, 1.54) is 0 Å². The van der Waals surface area contributed by atoms with E-state index in [0.717, 1.165) is 24.2 Å². The highest BCUT2D eigenvalue weighted by Crippen LogP contribution is 2.35. The van der Waals surface area contributed by atoms with E-state index in [-0.39, 0.29) is 5.41 Å². The SMILES string of the molecule is CC(C)(C)c1cc(C(N)=O)ccc1OC1CC1. The maximum absolute atomic E-state index is 11.2. The van der Waals surface area contributed by atoms with Crippen LogP contribution in [0, 0.1) is 0 Å². The number of benzene rings is 1. The van der Waals surface area contributed by atoms with Gasteiger partial charge in [-0.15, -0.1) is 0 Å². The van der Waals surface area contributed by atoms with Crippen LogP contribution in [0.2, 0.25) is 0 Å². The fraction of sp³-hybridized carbons (Fsp3) is 0.500. The van der Waals surface area contributed by atoms with Gasteiger partial charge in [-0.2, -0.15) is 0 Å². The zero-order valence-corrected chi connectivity index (χ0v) is 10.6. The highest BCUT2D eigenvalue weighted by atomic mass is 16.5. The van der Waals surface area contributed by atoms with Gasteiger partial charge in [0.05, 0.1) is 6.10 Å². The van der Waals surface area contributed by atoms with Crippen LogP contribution in [0.3, 0.4) is 0 Å². The molecule has 0 unspecified atom stereocenters. The molecule has 2 N–H and O–H groups in total. The van der Waals surface area contributed by atoms with Gasteiger partial charge in [0.25, 0.3) is 0 Å². The van der Waals surface area contributed by atoms with E-state index >= 15 is 0 Å². The van der Waals surface area contributed by atoms with Crippen molar-refractivity contribution in [2.24, 2.45) is 5.73 Å². The summed E-state index contributed by atoms with van der Waals surface area (Å²) in [4.78, 5) is 11.2. The van der Waals surface area contributed by atoms with Gasteiger partial charge in [0, 0.05) is 11.1 Å². The van der Waals surface area contributed by atoms with Crippen LogP contribution in [0.1, 0.15) is 49.5 Å². The molecule has 17 heavy (non-hydrogen) atoms. The van der Waals surface area contributed by atoms with Gasteiger partial charge in [0.2, 0.25) is 5.91 Å². The normalized spacial score (nSPS) is 15.7. The number of primary amides is 1. The number of nitrogens with two attached hydrogens (primary N) is 1. The maximum Gasteiger partial charge on any atom is 0.248 e. The van der Waals surface area contributed by atoms with Crippen molar-refractivity contribution < 1.29 is 9.53 Å². The van der Waals surface area contributed by atoms with Crippen molar-refractivity contribution in [3.8, 4) is 5.75 Å². The molecule has 1 saturated carbocycles. The van der Waals surface area contributed by atoms with E-state index in [1.807, 2.05) is 12.1 Å². The van der Waals surface area contributed by atoms with Gasteiger partial charge in [-0.05, 0) is 36.5 Å². The average molecular weight is 233 g/mol. The Morgan fingerprint density at radius 1 is 1.35 bits per heavy atom. The molecule has 0 atom stereocenters. The highest BCUT2D eigenvalue weighted by Gasteiger charge is 2.27. The summed E-state index contributed by atoms with van der Waals surface area (Å²) in [7, 11) is 0. The molecule has 1 amide bonds. The van der Waals surface area contributed by atoms with Gasteiger partial charge in [0.1, 0.15) is 5.75 Å². The fourth-order valence-corrected chi connectivity index (χ4v) is 1.74. The predicted molar refractivity (Wildman–Crippen MR) is 67.3 cm³/mol. The zero-order chi connectivity index (χ0) is 12.6. The third kappa shape index (κ3) is 2.78. The summed E-state index contributed by atoms with van der Waals surface area (Å²) in [5.74, 6) is 0.485. The second-order valence-electron chi connectivity index (χ2n) is 5.64. The first-order chi connectivity index (χ1) is 7.88. The Balaban J connectivity index is 2.39. The maximum atomic E-state index is 11.2. The van der Waals surface area contributed by atoms with Gasteiger partial charge in [-0.3, -0.25) is 4.79 Å². The van der Waals surface area contributed by atoms with Crippen LogP contribution in [0.25, 0.3) is 0 Å². The molecule has 1 fully saturated rings. The Labute approximate surface area is 102 Å². The second kappa shape index (κ2) is 4.06. The first kappa shape index (κ1) is 12.0. The summed E-state index contributed by atoms with van der Waals surface area (Å²) in [5, 5.41) is 0. The third-order valence-corrected chi connectivity index (χ3v) is 2.89. The number of hydrogen-bond acceptors (Lipinski definition) is 2. The lowest BCUT2D eigenvalue weighted by atomic mass is 9.85. The highest BCUT2D eigenvalue weighted by molar-refractivity contribution is 5.93. The smallest absolute Gasteiger partial charge is 0.248 e. The molecule has 1 aliphatic carbocycles. The number of hydrogen-bond donors (Lipinski definition) is 1. The molecule has 0 saturated heterocycles. The molecule has 1 aliphatic rings. The molecule has 0 bridgehead atoms. The number of ether oxygens (including phenoxy) is 1. The number of amides is 1. The second-order valence-corrected chi connectivity index (χ2v) is 5.64. The quantitative estimate of drug-likeness (QED) is 0.872. The van der Waals surface area contributed by atoms with Gasteiger partial charge < -0.3 is 10.5 Å². The van der Waals surface area contributed by atoms with E-state index in [9.17, 15) is 4.79 Å². The van der Waals surface area contributed by atoms with Gasteiger partial charge in [-0.1, -0.05) is 20.8 Å². The lowest BCUT2D eigenvalue weighted by molar-refractivity contribution is 0.1000. The summed E-state index contributed by atoms with van der Waals surface area (Å²) in [5.41, 5.74) is 6.83. The summed E-state index contributed by atoms with van der Waals surface area (Å²) in [6, 6.07) is 5.44. The summed E-state index contributed by atoms with van der Waals surface area (Å²) in [6.07, 6.45) is 2.61. The Bertz CT molecular complexity index is 442. The van der Waals surface area contributed by atoms with Crippen LogP contribution >= 0.6 is 0 Å². The van der Waals surface area contributed by atoms with Gasteiger partial charge in [0.15, 0.2) is 0 Å². The van der Waals surface area contributed by atoms with Crippen molar-refractivity contribution in [2.75, 3.05) is 0 Å². The van der Waals surface area contributed by atoms with Crippen molar-refractivity contribution in [2.45, 2.75) is 45.1 Å². The van der Waals surface area contributed by atoms with E-state index in [4.69, 9.17) is 10.5 Å². The molecule has 0 aliphatic heterocycles. The molecule has 2 rings (SSSR count). The number of carbonyl (C=O) groups is 1. The summed E-state index contributed by atoms with van der Waals surface area (Å²) >= 11 is 0. The number of carbonyl (C=O) groups excluding carboxylic acids is 1. The van der Waals surface area contributed by atoms with E-state index in [2.05, 4.69) is 20.8 Å². The van der Waals surface area contributed by atoms with Crippen molar-refractivity contribution in [1.29, 1.82) is 0 Å². The van der Waals surface area contributed by atoms with Crippen molar-refractivity contribution in [1.82, 2.24) is 0 Å². The van der Waals surface area contributed by atoms with Crippen LogP contribution in [0.5, 0.6) is 5.75 Å². The minimum absolute atomic E-state index is 0.0598. The molecular formula is C14H19NO2. The van der Waals surface area contributed by atoms with Gasteiger partial charge >= 0.3 is 0 Å². The molecule has 1 aromatic carbocycles. The van der Waals surface area contributed by atoms with E-state index in [0.29, 0.717) is 11.7 Å². The molecule has 92 valence electrons. The van der Waals surface area contributed by atoms with Crippen LogP contribution in [0.15, 0.2) is 18.2 Å². The van der Waals surface area contributed by atoms with Crippen LogP contribution in [0.4, 0.5) is 0 Å². The minimum Gasteiger partial charge on any atom is -0.490 e. The molecule has 0 heterocycles. The molecule has 0 radical (unpaired) electrons. The molecule has 0 spiro atoms. The average Bonchev–Trinajstić information content (AvgIpc) is 3.00. The zero-order valence-electron chi connectivity index (χ0n) is 10.6. The summed E-state index contributed by atoms with van der Waals surface area (Å²) in [6.45, 7) is 6.31. The first-order valence-electron chi connectivity index (χ1n) is 5.99. The third-order valence-electron chi connectivity index (χ3n) is 2.89. The van der Waals surface area contributed by atoms with Crippen LogP contribution < -0.4 is 10.5 Å². The monoisotopic (exact) mass is 233 g/mol. The molecule has 0 aromatic heterocycles. The van der Waals surface area contributed by atoms with Crippen molar-refractivity contribution >= 4 is 5.91 Å². The number of rotatable bonds is 3. The Morgan fingerprint density at radius 2 is 2.00 bits per heavy atom. The van der Waals surface area contributed by atoms with E-state index < -0.39 is 5.91 Å². The van der Waals surface area contributed by atoms with Crippen LogP contribution in [-0.4, -0.2) is 12.0 Å². The minimum atomic E-state index is -0.395. The molecule has 1 aromatic rings. The Kier molecular flexibility index (Phi) is 2.86.